The highest BCUT2D eigenvalue weighted by molar-refractivity contribution is 5.89. The van der Waals surface area contributed by atoms with Crippen LogP contribution < -0.4 is 20.1 Å². The van der Waals surface area contributed by atoms with Gasteiger partial charge in [-0.25, -0.2) is 4.79 Å². The number of rotatable bonds is 4. The third-order valence-electron chi connectivity index (χ3n) is 4.22. The summed E-state index contributed by atoms with van der Waals surface area (Å²) in [5.41, 5.74) is 2.32. The molecule has 0 radical (unpaired) electrons. The first-order valence-corrected chi connectivity index (χ1v) is 8.42. The molecule has 1 atom stereocenters. The minimum absolute atomic E-state index is 0.204. The Morgan fingerprint density at radius 3 is 2.85 bits per heavy atom. The molecule has 2 N–H and O–H groups in total. The molecule has 2 aromatic carbocycles. The molecule has 27 heavy (non-hydrogen) atoms. The summed E-state index contributed by atoms with van der Waals surface area (Å²) in [7, 11) is 0. The van der Waals surface area contributed by atoms with Gasteiger partial charge in [-0.15, -0.1) is 5.10 Å². The van der Waals surface area contributed by atoms with Crippen molar-refractivity contribution in [3.05, 3.63) is 53.9 Å². The number of ether oxygens (including phenoxy) is 2. The Bertz CT molecular complexity index is 987. The quantitative estimate of drug-likeness (QED) is 0.736. The summed E-state index contributed by atoms with van der Waals surface area (Å²) >= 11 is 0. The van der Waals surface area contributed by atoms with Crippen molar-refractivity contribution >= 4 is 11.7 Å². The molecule has 1 unspecified atom stereocenters. The summed E-state index contributed by atoms with van der Waals surface area (Å²) in [5, 5.41) is 17.2. The number of aromatic nitrogens is 4. The molecule has 1 aliphatic heterocycles. The molecule has 0 bridgehead atoms. The van der Waals surface area contributed by atoms with E-state index in [0.29, 0.717) is 23.0 Å². The normalized spacial score (nSPS) is 13.3. The predicted molar refractivity (Wildman–Crippen MR) is 97.0 cm³/mol. The molecule has 2 heterocycles. The lowest BCUT2D eigenvalue weighted by Gasteiger charge is -2.16. The molecule has 0 fully saturated rings. The predicted octanol–water partition coefficient (Wildman–Crippen LogP) is 2.58. The molecule has 0 aliphatic carbocycles. The van der Waals surface area contributed by atoms with Gasteiger partial charge in [0.15, 0.2) is 17.3 Å². The zero-order chi connectivity index (χ0) is 18.8. The molecule has 0 spiro atoms. The number of carbonyl (C=O) groups is 1. The summed E-state index contributed by atoms with van der Waals surface area (Å²) < 4.78 is 12.3. The molecule has 2 amide bonds. The van der Waals surface area contributed by atoms with Crippen molar-refractivity contribution < 1.29 is 14.3 Å². The highest BCUT2D eigenvalue weighted by Gasteiger charge is 2.17. The number of aryl methyl sites for hydroxylation is 1. The van der Waals surface area contributed by atoms with Crippen LogP contribution in [0.25, 0.3) is 5.69 Å². The summed E-state index contributed by atoms with van der Waals surface area (Å²) in [6.07, 6.45) is 0. The summed E-state index contributed by atoms with van der Waals surface area (Å²) in [4.78, 5) is 12.4. The molecule has 1 aliphatic rings. The first-order chi connectivity index (χ1) is 13.1. The maximum Gasteiger partial charge on any atom is 0.319 e. The lowest BCUT2D eigenvalue weighted by atomic mass is 10.1. The van der Waals surface area contributed by atoms with Gasteiger partial charge in [-0.05, 0) is 60.2 Å². The van der Waals surface area contributed by atoms with E-state index in [9.17, 15) is 4.79 Å². The van der Waals surface area contributed by atoms with E-state index < -0.39 is 0 Å². The Morgan fingerprint density at radius 2 is 2.04 bits per heavy atom. The topological polar surface area (TPSA) is 103 Å². The molecule has 4 rings (SSSR count). The van der Waals surface area contributed by atoms with E-state index in [4.69, 9.17) is 9.47 Å². The van der Waals surface area contributed by atoms with Crippen LogP contribution in [-0.4, -0.2) is 33.0 Å². The van der Waals surface area contributed by atoms with E-state index in [2.05, 4.69) is 26.2 Å². The van der Waals surface area contributed by atoms with Crippen molar-refractivity contribution in [2.24, 2.45) is 0 Å². The number of hydrogen-bond donors (Lipinski definition) is 2. The van der Waals surface area contributed by atoms with E-state index in [0.717, 1.165) is 11.3 Å². The maximum atomic E-state index is 12.4. The minimum atomic E-state index is -0.314. The van der Waals surface area contributed by atoms with E-state index in [-0.39, 0.29) is 18.9 Å². The van der Waals surface area contributed by atoms with E-state index in [1.54, 1.807) is 23.7 Å². The standard InChI is InChI=1S/C18H18N6O3/c1-11(13-6-7-16-17(8-13)27-10-26-16)19-18(25)20-14-4-3-5-15(9-14)24-12(2)21-22-23-24/h3-9,11H,10H2,1-2H3,(H2,19,20,25). The van der Waals surface area contributed by atoms with Gasteiger partial charge in [-0.3, -0.25) is 0 Å². The number of benzene rings is 2. The fraction of sp³-hybridized carbons (Fsp3) is 0.222. The van der Waals surface area contributed by atoms with Crippen molar-refractivity contribution in [2.75, 3.05) is 12.1 Å². The average molecular weight is 366 g/mol. The summed E-state index contributed by atoms with van der Waals surface area (Å²) in [6.45, 7) is 3.93. The van der Waals surface area contributed by atoms with Crippen LogP contribution in [0.2, 0.25) is 0 Å². The Labute approximate surface area is 155 Å². The van der Waals surface area contributed by atoms with Gasteiger partial charge in [0.2, 0.25) is 6.79 Å². The van der Waals surface area contributed by atoms with Crippen molar-refractivity contribution in [1.82, 2.24) is 25.5 Å². The summed E-state index contributed by atoms with van der Waals surface area (Å²) in [6, 6.07) is 12.4. The first-order valence-electron chi connectivity index (χ1n) is 8.42. The molecule has 9 nitrogen and oxygen atoms in total. The van der Waals surface area contributed by atoms with Crippen molar-refractivity contribution in [3.8, 4) is 17.2 Å². The van der Waals surface area contributed by atoms with Crippen molar-refractivity contribution in [3.63, 3.8) is 0 Å². The SMILES string of the molecule is Cc1nnnn1-c1cccc(NC(=O)NC(C)c2ccc3c(c2)OCO3)c1. The third-order valence-corrected chi connectivity index (χ3v) is 4.22. The highest BCUT2D eigenvalue weighted by Crippen LogP contribution is 2.34. The van der Waals surface area contributed by atoms with Crippen LogP contribution >= 0.6 is 0 Å². The average Bonchev–Trinajstić information content (AvgIpc) is 3.29. The maximum absolute atomic E-state index is 12.4. The molecule has 0 saturated carbocycles. The van der Waals surface area contributed by atoms with Crippen LogP contribution in [0.5, 0.6) is 11.5 Å². The van der Waals surface area contributed by atoms with Crippen LogP contribution in [-0.2, 0) is 0 Å². The number of amides is 2. The zero-order valence-electron chi connectivity index (χ0n) is 14.8. The number of anilines is 1. The van der Waals surface area contributed by atoms with E-state index >= 15 is 0 Å². The summed E-state index contributed by atoms with van der Waals surface area (Å²) in [5.74, 6) is 2.06. The molecule has 1 aromatic heterocycles. The fourth-order valence-corrected chi connectivity index (χ4v) is 2.82. The zero-order valence-corrected chi connectivity index (χ0v) is 14.8. The first kappa shape index (κ1) is 16.8. The molecule has 138 valence electrons. The number of urea groups is 1. The number of hydrogen-bond acceptors (Lipinski definition) is 6. The Hall–Kier alpha value is -3.62. The lowest BCUT2D eigenvalue weighted by molar-refractivity contribution is 0.174. The van der Waals surface area contributed by atoms with Gasteiger partial charge in [-0.2, -0.15) is 4.68 Å². The van der Waals surface area contributed by atoms with Crippen LogP contribution in [0.3, 0.4) is 0 Å². The van der Waals surface area contributed by atoms with E-state index in [1.807, 2.05) is 37.3 Å². The molecule has 9 heteroatoms. The van der Waals surface area contributed by atoms with Gasteiger partial charge >= 0.3 is 6.03 Å². The number of fused-ring (bicyclic) bond motifs is 1. The Balaban J connectivity index is 1.43. The molecule has 0 saturated heterocycles. The second-order valence-electron chi connectivity index (χ2n) is 6.12. The largest absolute Gasteiger partial charge is 0.454 e. The molecule has 3 aromatic rings. The van der Waals surface area contributed by atoms with Gasteiger partial charge in [0.25, 0.3) is 0 Å². The van der Waals surface area contributed by atoms with Crippen LogP contribution in [0.15, 0.2) is 42.5 Å². The second-order valence-corrected chi connectivity index (χ2v) is 6.12. The van der Waals surface area contributed by atoms with Gasteiger partial charge in [0, 0.05) is 5.69 Å². The number of tetrazole rings is 1. The van der Waals surface area contributed by atoms with Crippen LogP contribution in [0.1, 0.15) is 24.4 Å². The number of nitrogens with zero attached hydrogens (tertiary/aromatic N) is 4. The number of carbonyl (C=O) groups excluding carboxylic acids is 1. The van der Waals surface area contributed by atoms with Crippen molar-refractivity contribution in [2.45, 2.75) is 19.9 Å². The van der Waals surface area contributed by atoms with Gasteiger partial charge in [0.05, 0.1) is 11.7 Å². The molecular weight excluding hydrogens is 348 g/mol. The Morgan fingerprint density at radius 1 is 1.19 bits per heavy atom. The van der Waals surface area contributed by atoms with Gasteiger partial charge in [0.1, 0.15) is 0 Å². The fourth-order valence-electron chi connectivity index (χ4n) is 2.82. The lowest BCUT2D eigenvalue weighted by Crippen LogP contribution is -2.31. The third kappa shape index (κ3) is 3.52. The smallest absolute Gasteiger partial charge is 0.319 e. The molecular formula is C18H18N6O3. The van der Waals surface area contributed by atoms with Crippen LogP contribution in [0.4, 0.5) is 10.5 Å². The van der Waals surface area contributed by atoms with E-state index in [1.165, 1.54) is 0 Å². The Kier molecular flexibility index (Phi) is 4.33. The number of nitrogens with one attached hydrogen (secondary N) is 2. The highest BCUT2D eigenvalue weighted by atomic mass is 16.7. The van der Waals surface area contributed by atoms with Crippen molar-refractivity contribution in [1.29, 1.82) is 0 Å². The monoisotopic (exact) mass is 366 g/mol. The van der Waals surface area contributed by atoms with Gasteiger partial charge < -0.3 is 20.1 Å². The second kappa shape index (κ2) is 6.94. The van der Waals surface area contributed by atoms with Gasteiger partial charge in [-0.1, -0.05) is 12.1 Å². The van der Waals surface area contributed by atoms with Crippen LogP contribution in [0, 0.1) is 6.92 Å². The minimum Gasteiger partial charge on any atom is -0.454 e.